The van der Waals surface area contributed by atoms with Gasteiger partial charge < -0.3 is 5.73 Å². The lowest BCUT2D eigenvalue weighted by Gasteiger charge is -2.15. The molecular weight excluding hydrogens is 293 g/mol. The van der Waals surface area contributed by atoms with Crippen molar-refractivity contribution in [2.24, 2.45) is 11.7 Å². The highest BCUT2D eigenvalue weighted by Crippen LogP contribution is 2.33. The van der Waals surface area contributed by atoms with Crippen molar-refractivity contribution in [3.63, 3.8) is 0 Å². The van der Waals surface area contributed by atoms with Crippen molar-refractivity contribution in [2.45, 2.75) is 24.4 Å². The van der Waals surface area contributed by atoms with Crippen LogP contribution in [-0.4, -0.2) is 21.5 Å². The van der Waals surface area contributed by atoms with Gasteiger partial charge in [-0.1, -0.05) is 19.1 Å². The van der Waals surface area contributed by atoms with Gasteiger partial charge in [0.2, 0.25) is 10.0 Å². The van der Waals surface area contributed by atoms with Crippen molar-refractivity contribution < 1.29 is 21.6 Å². The van der Waals surface area contributed by atoms with Crippen LogP contribution in [0.5, 0.6) is 0 Å². The van der Waals surface area contributed by atoms with Crippen molar-refractivity contribution >= 4 is 10.0 Å². The molecule has 0 aromatic heterocycles. The third-order valence-corrected chi connectivity index (χ3v) is 4.24. The highest BCUT2D eigenvalue weighted by molar-refractivity contribution is 7.89. The minimum Gasteiger partial charge on any atom is -0.330 e. The highest BCUT2D eigenvalue weighted by Gasteiger charge is 2.36. The number of hydrogen-bond donors (Lipinski definition) is 2. The van der Waals surface area contributed by atoms with Crippen LogP contribution in [0, 0.1) is 5.92 Å². The number of rotatable bonds is 6. The van der Waals surface area contributed by atoms with Gasteiger partial charge in [-0.3, -0.25) is 0 Å². The third kappa shape index (κ3) is 4.46. The first-order chi connectivity index (χ1) is 9.18. The van der Waals surface area contributed by atoms with E-state index in [1.54, 1.807) is 6.92 Å². The molecule has 0 aliphatic rings. The SMILES string of the molecule is CC(CCN)CNS(=O)(=O)c1ccccc1C(F)(F)F. The maximum atomic E-state index is 12.8. The molecule has 20 heavy (non-hydrogen) atoms. The summed E-state index contributed by atoms with van der Waals surface area (Å²) in [6, 6.07) is 4.10. The van der Waals surface area contributed by atoms with E-state index < -0.39 is 26.7 Å². The van der Waals surface area contributed by atoms with Crippen molar-refractivity contribution in [2.75, 3.05) is 13.1 Å². The summed E-state index contributed by atoms with van der Waals surface area (Å²) in [6.45, 7) is 2.21. The Morgan fingerprint density at radius 1 is 1.30 bits per heavy atom. The van der Waals surface area contributed by atoms with Crippen molar-refractivity contribution in [3.8, 4) is 0 Å². The van der Waals surface area contributed by atoms with Crippen molar-refractivity contribution in [1.29, 1.82) is 0 Å². The van der Waals surface area contributed by atoms with E-state index in [-0.39, 0.29) is 12.5 Å². The molecule has 0 aliphatic heterocycles. The predicted octanol–water partition coefficient (Wildman–Crippen LogP) is 1.97. The number of alkyl halides is 3. The van der Waals surface area contributed by atoms with E-state index in [0.717, 1.165) is 18.2 Å². The molecule has 1 unspecified atom stereocenters. The molecule has 1 rings (SSSR count). The molecule has 0 fully saturated rings. The Morgan fingerprint density at radius 2 is 1.90 bits per heavy atom. The van der Waals surface area contributed by atoms with Gasteiger partial charge in [0.15, 0.2) is 0 Å². The van der Waals surface area contributed by atoms with E-state index in [9.17, 15) is 21.6 Å². The van der Waals surface area contributed by atoms with Gasteiger partial charge in [-0.15, -0.1) is 0 Å². The summed E-state index contributed by atoms with van der Waals surface area (Å²) in [5, 5.41) is 0. The Bertz CT molecular complexity index is 544. The normalized spacial score (nSPS) is 14.2. The van der Waals surface area contributed by atoms with E-state index in [4.69, 9.17) is 5.73 Å². The molecule has 0 spiro atoms. The first-order valence-electron chi connectivity index (χ1n) is 6.04. The molecule has 3 N–H and O–H groups in total. The molecule has 114 valence electrons. The summed E-state index contributed by atoms with van der Waals surface area (Å²) in [7, 11) is -4.20. The van der Waals surface area contributed by atoms with Crippen LogP contribution in [0.25, 0.3) is 0 Å². The zero-order valence-corrected chi connectivity index (χ0v) is 11.8. The molecule has 0 amide bonds. The zero-order valence-electron chi connectivity index (χ0n) is 10.9. The van der Waals surface area contributed by atoms with Crippen molar-refractivity contribution in [3.05, 3.63) is 29.8 Å². The topological polar surface area (TPSA) is 72.2 Å². The zero-order chi connectivity index (χ0) is 15.4. The first-order valence-corrected chi connectivity index (χ1v) is 7.52. The lowest BCUT2D eigenvalue weighted by atomic mass is 10.1. The fraction of sp³-hybridized carbons (Fsp3) is 0.500. The molecule has 1 aromatic carbocycles. The lowest BCUT2D eigenvalue weighted by Crippen LogP contribution is -2.30. The van der Waals surface area contributed by atoms with E-state index >= 15 is 0 Å². The fourth-order valence-corrected chi connectivity index (χ4v) is 3.04. The molecule has 0 bridgehead atoms. The Kier molecular flexibility index (Phi) is 5.55. The Morgan fingerprint density at radius 3 is 2.45 bits per heavy atom. The molecule has 0 aliphatic carbocycles. The number of hydrogen-bond acceptors (Lipinski definition) is 3. The summed E-state index contributed by atoms with van der Waals surface area (Å²) in [5.74, 6) is -0.0483. The Labute approximate surface area is 116 Å². The van der Waals surface area contributed by atoms with Gasteiger partial charge in [0.05, 0.1) is 10.5 Å². The van der Waals surface area contributed by atoms with E-state index in [0.29, 0.717) is 13.0 Å². The summed E-state index contributed by atoms with van der Waals surface area (Å²) in [6.07, 6.45) is -4.13. The molecule has 0 saturated heterocycles. The van der Waals surface area contributed by atoms with Crippen LogP contribution in [0.2, 0.25) is 0 Å². The van der Waals surface area contributed by atoms with Gasteiger partial charge in [0, 0.05) is 6.54 Å². The van der Waals surface area contributed by atoms with E-state index in [1.807, 2.05) is 0 Å². The van der Waals surface area contributed by atoms with Crippen molar-refractivity contribution in [1.82, 2.24) is 4.72 Å². The second-order valence-corrected chi connectivity index (χ2v) is 6.26. The Balaban J connectivity index is 2.99. The third-order valence-electron chi connectivity index (χ3n) is 2.76. The molecule has 0 heterocycles. The minimum atomic E-state index is -4.71. The fourth-order valence-electron chi connectivity index (χ4n) is 1.65. The van der Waals surface area contributed by atoms with Crippen LogP contribution in [0.15, 0.2) is 29.2 Å². The van der Waals surface area contributed by atoms with Gasteiger partial charge in [-0.25, -0.2) is 13.1 Å². The molecule has 1 aromatic rings. The summed E-state index contributed by atoms with van der Waals surface area (Å²) >= 11 is 0. The average molecular weight is 310 g/mol. The molecule has 4 nitrogen and oxygen atoms in total. The second kappa shape index (κ2) is 6.55. The second-order valence-electron chi connectivity index (χ2n) is 4.53. The molecule has 0 saturated carbocycles. The molecular formula is C12H17F3N2O2S. The largest absolute Gasteiger partial charge is 0.417 e. The number of sulfonamides is 1. The summed E-state index contributed by atoms with van der Waals surface area (Å²) < 4.78 is 64.5. The standard InChI is InChI=1S/C12H17F3N2O2S/c1-9(6-7-16)8-17-20(18,19)11-5-3-2-4-10(11)12(13,14)15/h2-5,9,17H,6-8,16H2,1H3. The van der Waals surface area contributed by atoms with Crippen LogP contribution < -0.4 is 10.5 Å². The van der Waals surface area contributed by atoms with Crippen LogP contribution in [0.4, 0.5) is 13.2 Å². The maximum Gasteiger partial charge on any atom is 0.417 e. The van der Waals surface area contributed by atoms with Gasteiger partial charge in [-0.2, -0.15) is 13.2 Å². The smallest absolute Gasteiger partial charge is 0.330 e. The predicted molar refractivity (Wildman–Crippen MR) is 69.5 cm³/mol. The van der Waals surface area contributed by atoms with Gasteiger partial charge >= 0.3 is 6.18 Å². The number of nitrogens with two attached hydrogens (primary N) is 1. The minimum absolute atomic E-state index is 0.0473. The molecule has 8 heteroatoms. The first kappa shape index (κ1) is 16.9. The molecule has 1 atom stereocenters. The monoisotopic (exact) mass is 310 g/mol. The number of nitrogens with one attached hydrogen (secondary N) is 1. The molecule has 0 radical (unpaired) electrons. The summed E-state index contributed by atoms with van der Waals surface area (Å²) in [5.41, 5.74) is 4.17. The van der Waals surface area contributed by atoms with E-state index in [1.165, 1.54) is 6.07 Å². The Hall–Kier alpha value is -1.12. The highest BCUT2D eigenvalue weighted by atomic mass is 32.2. The van der Waals surface area contributed by atoms with Gasteiger partial charge in [-0.05, 0) is 31.0 Å². The van der Waals surface area contributed by atoms with Crippen LogP contribution in [-0.2, 0) is 16.2 Å². The number of benzene rings is 1. The number of halogens is 3. The lowest BCUT2D eigenvalue weighted by molar-refractivity contribution is -0.139. The average Bonchev–Trinajstić information content (AvgIpc) is 2.36. The van der Waals surface area contributed by atoms with Crippen LogP contribution in [0.1, 0.15) is 18.9 Å². The van der Waals surface area contributed by atoms with Gasteiger partial charge in [0.1, 0.15) is 0 Å². The van der Waals surface area contributed by atoms with Crippen LogP contribution >= 0.6 is 0 Å². The van der Waals surface area contributed by atoms with Crippen LogP contribution in [0.3, 0.4) is 0 Å². The quantitative estimate of drug-likeness (QED) is 0.844. The summed E-state index contributed by atoms with van der Waals surface area (Å²) in [4.78, 5) is -0.757. The van der Waals surface area contributed by atoms with E-state index in [2.05, 4.69) is 4.72 Å². The van der Waals surface area contributed by atoms with Gasteiger partial charge in [0.25, 0.3) is 0 Å². The maximum absolute atomic E-state index is 12.8.